The van der Waals surface area contributed by atoms with Crippen LogP contribution in [0.1, 0.15) is 22.8 Å². The Kier molecular flexibility index (Phi) is 5.62. The maximum atomic E-state index is 13.5. The molecule has 0 saturated heterocycles. The highest BCUT2D eigenvalue weighted by atomic mass is 19.1. The van der Waals surface area contributed by atoms with Gasteiger partial charge in [-0.1, -0.05) is 6.07 Å². The number of carboxylic acid groups (broad SMARTS) is 1. The molecule has 0 aliphatic rings. The van der Waals surface area contributed by atoms with Gasteiger partial charge in [0.15, 0.2) is 0 Å². The van der Waals surface area contributed by atoms with Crippen molar-refractivity contribution in [3.8, 4) is 0 Å². The predicted molar refractivity (Wildman–Crippen MR) is 74.2 cm³/mol. The van der Waals surface area contributed by atoms with Gasteiger partial charge in [-0.3, -0.25) is 0 Å². The molecule has 0 aliphatic heterocycles. The third-order valence-corrected chi connectivity index (χ3v) is 2.76. The topological polar surface area (TPSA) is 72.8 Å². The summed E-state index contributed by atoms with van der Waals surface area (Å²) in [5, 5.41) is 21.8. The molecule has 0 spiro atoms. The van der Waals surface area contributed by atoms with Gasteiger partial charge in [-0.2, -0.15) is 0 Å². The summed E-state index contributed by atoms with van der Waals surface area (Å²) in [5.41, 5.74) is -0.593. The summed E-state index contributed by atoms with van der Waals surface area (Å²) in [7, 11) is 3.74. The lowest BCUT2D eigenvalue weighted by Gasteiger charge is -2.27. The van der Waals surface area contributed by atoms with Gasteiger partial charge < -0.3 is 20.4 Å². The normalized spacial score (nSPS) is 14.3. The van der Waals surface area contributed by atoms with E-state index >= 15 is 0 Å². The molecule has 0 bridgehead atoms. The van der Waals surface area contributed by atoms with Gasteiger partial charge in [0.1, 0.15) is 5.82 Å². The molecule has 0 radical (unpaired) electrons. The fourth-order valence-corrected chi connectivity index (χ4v) is 2.06. The van der Waals surface area contributed by atoms with Crippen molar-refractivity contribution in [2.45, 2.75) is 19.1 Å². The van der Waals surface area contributed by atoms with E-state index in [1.54, 1.807) is 13.0 Å². The minimum atomic E-state index is -1.28. The summed E-state index contributed by atoms with van der Waals surface area (Å²) in [5.74, 6) is -2.03. The highest BCUT2D eigenvalue weighted by Crippen LogP contribution is 2.11. The van der Waals surface area contributed by atoms with Crippen molar-refractivity contribution in [1.82, 2.24) is 10.2 Å². The van der Waals surface area contributed by atoms with E-state index in [-0.39, 0.29) is 5.56 Å². The number of likely N-dealkylation sites (N-methyl/N-ethyl adjacent to an activating group) is 1. The maximum Gasteiger partial charge on any atom is 0.338 e. The SMILES string of the molecule is CN(C)CC(C)(O)CNCc1ccc(C(=O)O)c(F)c1. The van der Waals surface area contributed by atoms with Crippen molar-refractivity contribution < 1.29 is 19.4 Å². The quantitative estimate of drug-likeness (QED) is 0.694. The number of carbonyl (C=O) groups is 1. The first kappa shape index (κ1) is 16.6. The molecular weight excluding hydrogens is 263 g/mol. The molecule has 1 aromatic rings. The summed E-state index contributed by atoms with van der Waals surface area (Å²) < 4.78 is 13.5. The van der Waals surface area contributed by atoms with Gasteiger partial charge in [-0.15, -0.1) is 0 Å². The van der Waals surface area contributed by atoms with E-state index in [1.165, 1.54) is 12.1 Å². The average molecular weight is 284 g/mol. The Labute approximate surface area is 118 Å². The van der Waals surface area contributed by atoms with E-state index in [0.29, 0.717) is 25.2 Å². The monoisotopic (exact) mass is 284 g/mol. The van der Waals surface area contributed by atoms with Gasteiger partial charge >= 0.3 is 5.97 Å². The average Bonchev–Trinajstić information content (AvgIpc) is 2.26. The van der Waals surface area contributed by atoms with Gasteiger partial charge in [0.25, 0.3) is 0 Å². The molecule has 0 fully saturated rings. The lowest BCUT2D eigenvalue weighted by molar-refractivity contribution is 0.0336. The van der Waals surface area contributed by atoms with E-state index in [2.05, 4.69) is 5.32 Å². The first-order chi connectivity index (χ1) is 9.21. The van der Waals surface area contributed by atoms with Crippen LogP contribution in [-0.4, -0.2) is 53.9 Å². The maximum absolute atomic E-state index is 13.5. The number of hydrogen-bond acceptors (Lipinski definition) is 4. The number of halogens is 1. The van der Waals surface area contributed by atoms with E-state index in [0.717, 1.165) is 0 Å². The standard InChI is InChI=1S/C14H21FN2O3/c1-14(20,9-17(2)3)8-16-7-10-4-5-11(13(18)19)12(15)6-10/h4-6,16,20H,7-9H2,1-3H3,(H,18,19). The second kappa shape index (κ2) is 6.78. The molecule has 20 heavy (non-hydrogen) atoms. The Bertz CT molecular complexity index is 475. The number of benzene rings is 1. The van der Waals surface area contributed by atoms with Crippen molar-refractivity contribution in [2.75, 3.05) is 27.2 Å². The molecule has 5 nitrogen and oxygen atoms in total. The lowest BCUT2D eigenvalue weighted by atomic mass is 10.1. The molecule has 0 heterocycles. The molecular formula is C14H21FN2O3. The summed E-state index contributed by atoms with van der Waals surface area (Å²) in [6.07, 6.45) is 0. The second-order valence-corrected chi connectivity index (χ2v) is 5.46. The molecule has 0 amide bonds. The van der Waals surface area contributed by atoms with Crippen LogP contribution in [0.4, 0.5) is 4.39 Å². The Balaban J connectivity index is 2.54. The van der Waals surface area contributed by atoms with Crippen LogP contribution in [0.25, 0.3) is 0 Å². The number of hydrogen-bond donors (Lipinski definition) is 3. The summed E-state index contributed by atoms with van der Waals surface area (Å²) in [4.78, 5) is 12.6. The summed E-state index contributed by atoms with van der Waals surface area (Å²) in [6, 6.07) is 3.99. The molecule has 1 atom stereocenters. The van der Waals surface area contributed by atoms with Gasteiger partial charge in [0, 0.05) is 19.6 Å². The van der Waals surface area contributed by atoms with Crippen LogP contribution < -0.4 is 5.32 Å². The van der Waals surface area contributed by atoms with Crippen molar-refractivity contribution in [1.29, 1.82) is 0 Å². The third kappa shape index (κ3) is 5.24. The Morgan fingerprint density at radius 1 is 1.45 bits per heavy atom. The number of aromatic carboxylic acids is 1. The first-order valence-corrected chi connectivity index (χ1v) is 6.31. The highest BCUT2D eigenvalue weighted by molar-refractivity contribution is 5.87. The van der Waals surface area contributed by atoms with E-state index < -0.39 is 17.4 Å². The largest absolute Gasteiger partial charge is 0.478 e. The number of nitrogens with zero attached hydrogens (tertiary/aromatic N) is 1. The van der Waals surface area contributed by atoms with Crippen molar-refractivity contribution >= 4 is 5.97 Å². The highest BCUT2D eigenvalue weighted by Gasteiger charge is 2.20. The van der Waals surface area contributed by atoms with E-state index in [1.807, 2.05) is 19.0 Å². The summed E-state index contributed by atoms with van der Waals surface area (Å²) in [6.45, 7) is 2.94. The minimum Gasteiger partial charge on any atom is -0.478 e. The number of carboxylic acids is 1. The van der Waals surface area contributed by atoms with Gasteiger partial charge in [0.2, 0.25) is 0 Å². The predicted octanol–water partition coefficient (Wildman–Crippen LogP) is 0.926. The molecule has 0 aliphatic carbocycles. The molecule has 3 N–H and O–H groups in total. The van der Waals surface area contributed by atoms with E-state index in [4.69, 9.17) is 5.11 Å². The Morgan fingerprint density at radius 2 is 2.10 bits per heavy atom. The Hall–Kier alpha value is -1.50. The van der Waals surface area contributed by atoms with Gasteiger partial charge in [-0.05, 0) is 38.7 Å². The molecule has 1 unspecified atom stereocenters. The van der Waals surface area contributed by atoms with Crippen LogP contribution in [0.2, 0.25) is 0 Å². The van der Waals surface area contributed by atoms with Crippen LogP contribution in [0.5, 0.6) is 0 Å². The number of nitrogens with one attached hydrogen (secondary N) is 1. The molecule has 1 rings (SSSR count). The fourth-order valence-electron chi connectivity index (χ4n) is 2.06. The second-order valence-electron chi connectivity index (χ2n) is 5.46. The Morgan fingerprint density at radius 3 is 2.60 bits per heavy atom. The summed E-state index contributed by atoms with van der Waals surface area (Å²) >= 11 is 0. The van der Waals surface area contributed by atoms with E-state index in [9.17, 15) is 14.3 Å². The van der Waals surface area contributed by atoms with Crippen LogP contribution >= 0.6 is 0 Å². The van der Waals surface area contributed by atoms with Crippen molar-refractivity contribution in [3.05, 3.63) is 35.1 Å². The van der Waals surface area contributed by atoms with Crippen LogP contribution in [-0.2, 0) is 6.54 Å². The molecule has 6 heteroatoms. The molecule has 0 saturated carbocycles. The molecule has 112 valence electrons. The number of rotatable bonds is 7. The van der Waals surface area contributed by atoms with Crippen LogP contribution in [0.3, 0.4) is 0 Å². The van der Waals surface area contributed by atoms with Gasteiger partial charge in [0.05, 0.1) is 11.2 Å². The van der Waals surface area contributed by atoms with Gasteiger partial charge in [-0.25, -0.2) is 9.18 Å². The fraction of sp³-hybridized carbons (Fsp3) is 0.500. The number of aliphatic hydroxyl groups is 1. The van der Waals surface area contributed by atoms with Crippen molar-refractivity contribution in [2.24, 2.45) is 0 Å². The van der Waals surface area contributed by atoms with Crippen LogP contribution in [0, 0.1) is 5.82 Å². The third-order valence-electron chi connectivity index (χ3n) is 2.76. The molecule has 0 aromatic heterocycles. The van der Waals surface area contributed by atoms with Crippen LogP contribution in [0.15, 0.2) is 18.2 Å². The minimum absolute atomic E-state index is 0.339. The zero-order valence-electron chi connectivity index (χ0n) is 12.0. The smallest absolute Gasteiger partial charge is 0.338 e. The first-order valence-electron chi connectivity index (χ1n) is 6.31. The zero-order valence-corrected chi connectivity index (χ0v) is 12.0. The zero-order chi connectivity index (χ0) is 15.3. The lowest BCUT2D eigenvalue weighted by Crippen LogP contribution is -2.45. The van der Waals surface area contributed by atoms with Crippen molar-refractivity contribution in [3.63, 3.8) is 0 Å². The molecule has 1 aromatic carbocycles.